The van der Waals surface area contributed by atoms with Gasteiger partial charge in [0.15, 0.2) is 0 Å². The Balaban J connectivity index is 1.30. The van der Waals surface area contributed by atoms with Crippen LogP contribution in [-0.4, -0.2) is 4.57 Å². The fourth-order valence-electron chi connectivity index (χ4n) is 5.24. The van der Waals surface area contributed by atoms with Gasteiger partial charge in [0.05, 0.1) is 11.0 Å². The summed E-state index contributed by atoms with van der Waals surface area (Å²) in [5.41, 5.74) is 12.9. The molecule has 0 aliphatic carbocycles. The lowest BCUT2D eigenvalue weighted by molar-refractivity contribution is 0.529. The van der Waals surface area contributed by atoms with Gasteiger partial charge in [-0.1, -0.05) is 84.9 Å². The average Bonchev–Trinajstić information content (AvgIpc) is 3.47. The maximum Gasteiger partial charge on any atom is 0.0555 e. The SMILES string of the molecule is c1ccc(CNNCc2cccc(-n3c4ccccc4c4c5sc6ccccc6c5ccc43)c2)cc1. The summed E-state index contributed by atoms with van der Waals surface area (Å²) in [6.45, 7) is 1.54. The molecule has 3 nitrogen and oxygen atoms in total. The number of hydrazine groups is 1. The van der Waals surface area contributed by atoms with Crippen molar-refractivity contribution >= 4 is 53.3 Å². The molecule has 0 atom stereocenters. The fourth-order valence-corrected chi connectivity index (χ4v) is 6.50. The van der Waals surface area contributed by atoms with E-state index in [9.17, 15) is 0 Å². The van der Waals surface area contributed by atoms with E-state index in [2.05, 4.69) is 125 Å². The Labute approximate surface area is 213 Å². The molecule has 0 spiro atoms. The summed E-state index contributed by atoms with van der Waals surface area (Å²) < 4.78 is 5.12. The zero-order valence-corrected chi connectivity index (χ0v) is 20.6. The molecule has 36 heavy (non-hydrogen) atoms. The number of nitrogens with one attached hydrogen (secondary N) is 2. The zero-order valence-electron chi connectivity index (χ0n) is 19.7. The van der Waals surface area contributed by atoms with E-state index in [-0.39, 0.29) is 0 Å². The first-order valence-electron chi connectivity index (χ1n) is 12.3. The molecule has 0 fully saturated rings. The van der Waals surface area contributed by atoms with E-state index in [4.69, 9.17) is 0 Å². The quantitative estimate of drug-likeness (QED) is 0.186. The molecular weight excluding hydrogens is 458 g/mol. The Hall–Kier alpha value is -3.96. The van der Waals surface area contributed by atoms with Crippen LogP contribution in [0.1, 0.15) is 11.1 Å². The van der Waals surface area contributed by atoms with Gasteiger partial charge in [-0.2, -0.15) is 0 Å². The molecule has 174 valence electrons. The van der Waals surface area contributed by atoms with E-state index in [1.54, 1.807) is 0 Å². The predicted molar refractivity (Wildman–Crippen MR) is 154 cm³/mol. The first-order valence-corrected chi connectivity index (χ1v) is 13.1. The minimum atomic E-state index is 0.748. The van der Waals surface area contributed by atoms with Gasteiger partial charge >= 0.3 is 0 Å². The van der Waals surface area contributed by atoms with E-state index in [0.717, 1.165) is 13.1 Å². The third kappa shape index (κ3) is 3.59. The highest BCUT2D eigenvalue weighted by atomic mass is 32.1. The van der Waals surface area contributed by atoms with Gasteiger partial charge in [0, 0.05) is 49.7 Å². The maximum atomic E-state index is 3.38. The Morgan fingerprint density at radius 2 is 1.28 bits per heavy atom. The normalized spacial score (nSPS) is 11.8. The lowest BCUT2D eigenvalue weighted by Gasteiger charge is -2.11. The predicted octanol–water partition coefficient (Wildman–Crippen LogP) is 7.95. The number of benzene rings is 5. The number of hydrogen-bond acceptors (Lipinski definition) is 3. The molecule has 4 heteroatoms. The van der Waals surface area contributed by atoms with E-state index >= 15 is 0 Å². The summed E-state index contributed by atoms with van der Waals surface area (Å²) in [6.07, 6.45) is 0. The van der Waals surface area contributed by atoms with Gasteiger partial charge < -0.3 is 4.57 Å². The van der Waals surface area contributed by atoms with Crippen molar-refractivity contribution in [2.45, 2.75) is 13.1 Å². The van der Waals surface area contributed by atoms with Gasteiger partial charge in [-0.15, -0.1) is 11.3 Å². The van der Waals surface area contributed by atoms with Crippen molar-refractivity contribution < 1.29 is 0 Å². The second-order valence-electron chi connectivity index (χ2n) is 9.15. The number of aromatic nitrogens is 1. The van der Waals surface area contributed by atoms with Crippen molar-refractivity contribution in [3.8, 4) is 5.69 Å². The van der Waals surface area contributed by atoms with Crippen molar-refractivity contribution in [2.75, 3.05) is 0 Å². The van der Waals surface area contributed by atoms with Crippen molar-refractivity contribution in [1.29, 1.82) is 0 Å². The van der Waals surface area contributed by atoms with Crippen molar-refractivity contribution in [2.24, 2.45) is 0 Å². The van der Waals surface area contributed by atoms with Crippen LogP contribution in [0.15, 0.2) is 115 Å². The summed E-state index contributed by atoms with van der Waals surface area (Å²) >= 11 is 1.90. The average molecular weight is 484 g/mol. The van der Waals surface area contributed by atoms with Crippen LogP contribution >= 0.6 is 11.3 Å². The first-order chi connectivity index (χ1) is 17.9. The van der Waals surface area contributed by atoms with Crippen LogP contribution in [0.2, 0.25) is 0 Å². The van der Waals surface area contributed by atoms with Crippen molar-refractivity contribution in [3.63, 3.8) is 0 Å². The highest BCUT2D eigenvalue weighted by molar-refractivity contribution is 7.26. The maximum absolute atomic E-state index is 3.38. The number of hydrogen-bond donors (Lipinski definition) is 2. The summed E-state index contributed by atoms with van der Waals surface area (Å²) in [5, 5.41) is 5.33. The second kappa shape index (κ2) is 8.92. The molecule has 2 N–H and O–H groups in total. The fraction of sp³-hybridized carbons (Fsp3) is 0.0625. The van der Waals surface area contributed by atoms with E-state index in [1.807, 2.05) is 17.4 Å². The number of fused-ring (bicyclic) bond motifs is 7. The number of nitrogens with zero attached hydrogens (tertiary/aromatic N) is 1. The van der Waals surface area contributed by atoms with Crippen LogP contribution in [0.4, 0.5) is 0 Å². The molecule has 0 saturated heterocycles. The van der Waals surface area contributed by atoms with Crippen molar-refractivity contribution in [1.82, 2.24) is 15.4 Å². The molecule has 0 bridgehead atoms. The van der Waals surface area contributed by atoms with Gasteiger partial charge in [0.25, 0.3) is 0 Å². The first kappa shape index (κ1) is 21.3. The molecule has 0 aliphatic rings. The molecule has 0 aliphatic heterocycles. The Bertz CT molecular complexity index is 1850. The molecule has 7 rings (SSSR count). The summed E-state index contributed by atoms with van der Waals surface area (Å²) in [5.74, 6) is 0. The van der Waals surface area contributed by atoms with E-state index < -0.39 is 0 Å². The Morgan fingerprint density at radius 1 is 0.556 bits per heavy atom. The minimum absolute atomic E-state index is 0.748. The summed E-state index contributed by atoms with van der Waals surface area (Å²) in [6, 6.07) is 41.4. The Kier molecular flexibility index (Phi) is 5.29. The topological polar surface area (TPSA) is 29.0 Å². The summed E-state index contributed by atoms with van der Waals surface area (Å²) in [4.78, 5) is 0. The van der Waals surface area contributed by atoms with Crippen molar-refractivity contribution in [3.05, 3.63) is 126 Å². The molecular formula is C32H25N3S. The lowest BCUT2D eigenvalue weighted by Crippen LogP contribution is -2.30. The molecule has 0 amide bonds. The molecule has 0 radical (unpaired) electrons. The smallest absolute Gasteiger partial charge is 0.0555 e. The molecule has 5 aromatic carbocycles. The zero-order chi connectivity index (χ0) is 23.9. The number of thiophene rings is 1. The molecule has 7 aromatic rings. The number of para-hydroxylation sites is 1. The van der Waals surface area contributed by atoms with Crippen LogP contribution in [0.3, 0.4) is 0 Å². The highest BCUT2D eigenvalue weighted by Crippen LogP contribution is 2.43. The highest BCUT2D eigenvalue weighted by Gasteiger charge is 2.17. The molecule has 2 aromatic heterocycles. The largest absolute Gasteiger partial charge is 0.309 e. The van der Waals surface area contributed by atoms with Gasteiger partial charge in [-0.05, 0) is 41.5 Å². The standard InChI is InChI=1S/C32H25N3S/c1-2-9-22(10-3-1)20-33-34-21-23-11-8-12-24(19-23)35-28-15-6-4-14-27(28)31-29(35)18-17-26-25-13-5-7-16-30(25)36-32(26)31/h1-19,33-34H,20-21H2. The number of rotatable bonds is 6. The Morgan fingerprint density at radius 3 is 2.17 bits per heavy atom. The molecule has 0 saturated carbocycles. The van der Waals surface area contributed by atoms with Crippen LogP contribution < -0.4 is 10.9 Å². The lowest BCUT2D eigenvalue weighted by atomic mass is 10.1. The third-order valence-electron chi connectivity index (χ3n) is 6.90. The molecule has 0 unspecified atom stereocenters. The van der Waals surface area contributed by atoms with Gasteiger partial charge in [-0.3, -0.25) is 10.9 Å². The van der Waals surface area contributed by atoms with E-state index in [1.165, 1.54) is 58.8 Å². The molecule has 2 heterocycles. The monoisotopic (exact) mass is 483 g/mol. The second-order valence-corrected chi connectivity index (χ2v) is 10.2. The van der Waals surface area contributed by atoms with E-state index in [0.29, 0.717) is 0 Å². The van der Waals surface area contributed by atoms with Crippen LogP contribution in [-0.2, 0) is 13.1 Å². The van der Waals surface area contributed by atoms with Gasteiger partial charge in [-0.25, -0.2) is 0 Å². The third-order valence-corrected chi connectivity index (χ3v) is 8.11. The van der Waals surface area contributed by atoms with Gasteiger partial charge in [0.1, 0.15) is 0 Å². The summed E-state index contributed by atoms with van der Waals surface area (Å²) in [7, 11) is 0. The van der Waals surface area contributed by atoms with Crippen LogP contribution in [0, 0.1) is 0 Å². The van der Waals surface area contributed by atoms with Gasteiger partial charge in [0.2, 0.25) is 0 Å². The minimum Gasteiger partial charge on any atom is -0.309 e. The van der Waals surface area contributed by atoms with Crippen LogP contribution in [0.5, 0.6) is 0 Å². The van der Waals surface area contributed by atoms with Crippen LogP contribution in [0.25, 0.3) is 47.7 Å².